The van der Waals surface area contributed by atoms with Crippen LogP contribution in [0.1, 0.15) is 24.9 Å². The van der Waals surface area contributed by atoms with Crippen LogP contribution >= 0.6 is 0 Å². The van der Waals surface area contributed by atoms with Gasteiger partial charge in [-0.2, -0.15) is 13.2 Å². The van der Waals surface area contributed by atoms with Crippen LogP contribution in [0, 0.1) is 6.92 Å². The van der Waals surface area contributed by atoms with E-state index in [-0.39, 0.29) is 12.4 Å². The second kappa shape index (κ2) is 6.48. The van der Waals surface area contributed by atoms with Gasteiger partial charge in [-0.1, -0.05) is 0 Å². The van der Waals surface area contributed by atoms with Gasteiger partial charge in [0.2, 0.25) is 11.5 Å². The molecule has 0 saturated heterocycles. The number of hydrogen-bond acceptors (Lipinski definition) is 4. The lowest BCUT2D eigenvalue weighted by atomic mass is 9.95. The lowest BCUT2D eigenvalue weighted by Crippen LogP contribution is -2.47. The predicted octanol–water partition coefficient (Wildman–Crippen LogP) is 1.88. The van der Waals surface area contributed by atoms with E-state index in [4.69, 9.17) is 9.15 Å². The van der Waals surface area contributed by atoms with Crippen LogP contribution in [0.15, 0.2) is 16.5 Å². The molecule has 0 aromatic carbocycles. The minimum atomic E-state index is -5.04. The first kappa shape index (κ1) is 17.5. The maximum Gasteiger partial charge on any atom is 0.425 e. The van der Waals surface area contributed by atoms with E-state index in [1.165, 1.54) is 20.1 Å². The van der Waals surface area contributed by atoms with Gasteiger partial charge in [-0.05, 0) is 26.0 Å². The van der Waals surface area contributed by atoms with Crippen molar-refractivity contribution in [1.29, 1.82) is 0 Å². The molecule has 0 fully saturated rings. The summed E-state index contributed by atoms with van der Waals surface area (Å²) in [5, 5.41) is 12.3. The third-order valence-electron chi connectivity index (χ3n) is 2.86. The Kier molecular flexibility index (Phi) is 5.41. The quantitative estimate of drug-likeness (QED) is 0.841. The molecule has 0 bridgehead atoms. The Balaban J connectivity index is 2.93. The first-order valence-corrected chi connectivity index (χ1v) is 6.24. The molecule has 5 nitrogen and oxygen atoms in total. The molecule has 8 heteroatoms. The number of halogens is 3. The van der Waals surface area contributed by atoms with E-state index in [2.05, 4.69) is 5.32 Å². The van der Waals surface area contributed by atoms with Crippen LogP contribution in [0.2, 0.25) is 0 Å². The van der Waals surface area contributed by atoms with Crippen LogP contribution in [0.4, 0.5) is 13.2 Å². The summed E-state index contributed by atoms with van der Waals surface area (Å²) in [6.45, 7) is 3.17. The fourth-order valence-corrected chi connectivity index (χ4v) is 1.83. The Bertz CT molecular complexity index is 486. The number of carbonyl (C=O) groups is 1. The molecule has 1 amide bonds. The van der Waals surface area contributed by atoms with Crippen LogP contribution in [-0.2, 0) is 15.1 Å². The smallest absolute Gasteiger partial charge is 0.425 e. The van der Waals surface area contributed by atoms with E-state index in [0.717, 1.165) is 6.07 Å². The second-order valence-corrected chi connectivity index (χ2v) is 4.87. The Morgan fingerprint density at radius 2 is 2.10 bits per heavy atom. The van der Waals surface area contributed by atoms with Crippen molar-refractivity contribution < 1.29 is 32.2 Å². The summed E-state index contributed by atoms with van der Waals surface area (Å²) in [6.07, 6.45) is -6.23. The molecular formula is C13H18F3NO4. The van der Waals surface area contributed by atoms with Crippen LogP contribution in [0.3, 0.4) is 0 Å². The largest absolute Gasteiger partial charge is 0.463 e. The molecule has 0 saturated carbocycles. The van der Waals surface area contributed by atoms with E-state index in [1.54, 1.807) is 6.92 Å². The molecule has 2 atom stereocenters. The van der Waals surface area contributed by atoms with E-state index >= 15 is 0 Å². The predicted molar refractivity (Wildman–Crippen MR) is 67.5 cm³/mol. The number of amides is 1. The number of rotatable bonds is 6. The van der Waals surface area contributed by atoms with Gasteiger partial charge in [0.15, 0.2) is 0 Å². The van der Waals surface area contributed by atoms with Gasteiger partial charge in [-0.3, -0.25) is 4.79 Å². The minimum absolute atomic E-state index is 0.149. The highest BCUT2D eigenvalue weighted by atomic mass is 19.4. The number of carbonyl (C=O) groups excluding carboxylic acids is 1. The molecule has 21 heavy (non-hydrogen) atoms. The monoisotopic (exact) mass is 309 g/mol. The van der Waals surface area contributed by atoms with E-state index < -0.39 is 35.9 Å². The molecule has 120 valence electrons. The van der Waals surface area contributed by atoms with Crippen molar-refractivity contribution in [3.63, 3.8) is 0 Å². The zero-order valence-electron chi connectivity index (χ0n) is 12.0. The number of ether oxygens (including phenoxy) is 1. The summed E-state index contributed by atoms with van der Waals surface area (Å²) >= 11 is 0. The number of furan rings is 1. The van der Waals surface area contributed by atoms with E-state index in [1.807, 2.05) is 0 Å². The van der Waals surface area contributed by atoms with E-state index in [9.17, 15) is 23.1 Å². The standard InChI is InChI=1S/C13H18F3NO4/c1-8(7-20-3)17-11(18)6-12(19,13(14,15)16)10-5-4-9(2)21-10/h4-5,8,19H,6-7H2,1-3H3,(H,17,18). The maximum atomic E-state index is 13.1. The third kappa shape index (κ3) is 4.21. The molecule has 1 rings (SSSR count). The topological polar surface area (TPSA) is 71.7 Å². The Morgan fingerprint density at radius 1 is 1.48 bits per heavy atom. The van der Waals surface area contributed by atoms with Gasteiger partial charge in [-0.25, -0.2) is 0 Å². The Morgan fingerprint density at radius 3 is 2.52 bits per heavy atom. The highest BCUT2D eigenvalue weighted by Gasteiger charge is 2.58. The van der Waals surface area contributed by atoms with Crippen molar-refractivity contribution >= 4 is 5.91 Å². The van der Waals surface area contributed by atoms with Crippen molar-refractivity contribution in [3.8, 4) is 0 Å². The first-order chi connectivity index (χ1) is 9.60. The van der Waals surface area contributed by atoms with Crippen molar-refractivity contribution in [2.45, 2.75) is 38.1 Å². The number of nitrogens with one attached hydrogen (secondary N) is 1. The molecule has 0 aliphatic rings. The van der Waals surface area contributed by atoms with Gasteiger partial charge in [-0.15, -0.1) is 0 Å². The average Bonchev–Trinajstić information content (AvgIpc) is 2.74. The van der Waals surface area contributed by atoms with Gasteiger partial charge in [0, 0.05) is 13.2 Å². The summed E-state index contributed by atoms with van der Waals surface area (Å²) in [5.41, 5.74) is -3.36. The zero-order valence-corrected chi connectivity index (χ0v) is 12.0. The van der Waals surface area contributed by atoms with Gasteiger partial charge in [0.25, 0.3) is 0 Å². The summed E-state index contributed by atoms with van der Waals surface area (Å²) in [5.74, 6) is -1.45. The molecule has 0 aliphatic heterocycles. The SMILES string of the molecule is COCC(C)NC(=O)CC(O)(c1ccc(C)o1)C(F)(F)F. The minimum Gasteiger partial charge on any atom is -0.463 e. The molecule has 0 spiro atoms. The van der Waals surface area contributed by atoms with Crippen molar-refractivity contribution in [1.82, 2.24) is 5.32 Å². The molecule has 1 aromatic rings. The number of aryl methyl sites for hydroxylation is 1. The van der Waals surface area contributed by atoms with Crippen LogP contribution in [0.5, 0.6) is 0 Å². The van der Waals surface area contributed by atoms with Crippen LogP contribution in [-0.4, -0.2) is 36.9 Å². The molecular weight excluding hydrogens is 291 g/mol. The van der Waals surface area contributed by atoms with Crippen molar-refractivity contribution in [3.05, 3.63) is 23.7 Å². The van der Waals surface area contributed by atoms with Gasteiger partial charge >= 0.3 is 6.18 Å². The summed E-state index contributed by atoms with van der Waals surface area (Å²) in [7, 11) is 1.40. The number of hydrogen-bond donors (Lipinski definition) is 2. The second-order valence-electron chi connectivity index (χ2n) is 4.87. The first-order valence-electron chi connectivity index (χ1n) is 6.24. The molecule has 1 aromatic heterocycles. The van der Waals surface area contributed by atoms with Gasteiger partial charge < -0.3 is 19.6 Å². The van der Waals surface area contributed by atoms with Crippen LogP contribution < -0.4 is 5.32 Å². The van der Waals surface area contributed by atoms with Crippen molar-refractivity contribution in [2.75, 3.05) is 13.7 Å². The van der Waals surface area contributed by atoms with Crippen LogP contribution in [0.25, 0.3) is 0 Å². The Labute approximate surface area is 120 Å². The lowest BCUT2D eigenvalue weighted by molar-refractivity contribution is -0.273. The van der Waals surface area contributed by atoms with Gasteiger partial charge in [0.05, 0.1) is 13.0 Å². The highest BCUT2D eigenvalue weighted by Crippen LogP contribution is 2.42. The lowest BCUT2D eigenvalue weighted by Gasteiger charge is -2.28. The molecule has 1 heterocycles. The molecule has 2 unspecified atom stereocenters. The Hall–Kier alpha value is -1.54. The maximum absolute atomic E-state index is 13.1. The number of alkyl halides is 3. The molecule has 2 N–H and O–H groups in total. The summed E-state index contributed by atoms with van der Waals surface area (Å²) in [6, 6.07) is 1.82. The summed E-state index contributed by atoms with van der Waals surface area (Å²) in [4.78, 5) is 11.7. The highest BCUT2D eigenvalue weighted by molar-refractivity contribution is 5.77. The summed E-state index contributed by atoms with van der Waals surface area (Å²) < 4.78 is 49.0. The van der Waals surface area contributed by atoms with Crippen molar-refractivity contribution in [2.24, 2.45) is 0 Å². The third-order valence-corrected chi connectivity index (χ3v) is 2.86. The van der Waals surface area contributed by atoms with Gasteiger partial charge in [0.1, 0.15) is 11.5 Å². The normalized spacial score (nSPS) is 16.3. The average molecular weight is 309 g/mol. The van der Waals surface area contributed by atoms with E-state index in [0.29, 0.717) is 0 Å². The number of aliphatic hydroxyl groups is 1. The molecule has 0 radical (unpaired) electrons. The zero-order chi connectivity index (χ0) is 16.3. The fourth-order valence-electron chi connectivity index (χ4n) is 1.83. The molecule has 0 aliphatic carbocycles. The number of methoxy groups -OCH3 is 1. The fraction of sp³-hybridized carbons (Fsp3) is 0.615.